The van der Waals surface area contributed by atoms with Crippen molar-refractivity contribution in [2.45, 2.75) is 19.8 Å². The SMILES string of the molecule is CC(C)c1nc(-c2cc3ccccc3o2)[nH]c(=O)c1I. The highest BCUT2D eigenvalue weighted by molar-refractivity contribution is 14.1. The molecule has 20 heavy (non-hydrogen) atoms. The van der Waals surface area contributed by atoms with Crippen LogP contribution in [0, 0.1) is 3.57 Å². The quantitative estimate of drug-likeness (QED) is 0.686. The van der Waals surface area contributed by atoms with E-state index in [0.29, 0.717) is 15.2 Å². The van der Waals surface area contributed by atoms with Crippen molar-refractivity contribution >= 4 is 33.6 Å². The van der Waals surface area contributed by atoms with Gasteiger partial charge in [-0.1, -0.05) is 32.0 Å². The van der Waals surface area contributed by atoms with E-state index in [2.05, 4.69) is 9.97 Å². The van der Waals surface area contributed by atoms with Crippen LogP contribution in [0.4, 0.5) is 0 Å². The second kappa shape index (κ2) is 5.05. The lowest BCUT2D eigenvalue weighted by molar-refractivity contribution is 0.622. The number of nitrogens with one attached hydrogen (secondary N) is 1. The lowest BCUT2D eigenvalue weighted by Crippen LogP contribution is -2.17. The molecular formula is C15H13IN2O2. The fourth-order valence-electron chi connectivity index (χ4n) is 2.07. The number of fused-ring (bicyclic) bond motifs is 1. The Bertz CT molecular complexity index is 800. The summed E-state index contributed by atoms with van der Waals surface area (Å²) < 4.78 is 6.39. The van der Waals surface area contributed by atoms with Gasteiger partial charge in [-0.05, 0) is 40.6 Å². The number of furan rings is 1. The van der Waals surface area contributed by atoms with E-state index in [9.17, 15) is 4.79 Å². The van der Waals surface area contributed by atoms with Gasteiger partial charge >= 0.3 is 0 Å². The molecule has 0 atom stereocenters. The van der Waals surface area contributed by atoms with E-state index in [1.807, 2.05) is 66.8 Å². The Labute approximate surface area is 129 Å². The first-order valence-corrected chi connectivity index (χ1v) is 7.43. The molecule has 0 radical (unpaired) electrons. The Kier molecular flexibility index (Phi) is 3.37. The maximum Gasteiger partial charge on any atom is 0.264 e. The molecule has 1 aromatic carbocycles. The van der Waals surface area contributed by atoms with Crippen molar-refractivity contribution in [1.29, 1.82) is 0 Å². The lowest BCUT2D eigenvalue weighted by atomic mass is 10.1. The summed E-state index contributed by atoms with van der Waals surface area (Å²) in [5, 5.41) is 0.995. The van der Waals surface area contributed by atoms with Gasteiger partial charge in [-0.15, -0.1) is 0 Å². The molecule has 2 aromatic heterocycles. The first-order valence-electron chi connectivity index (χ1n) is 6.35. The lowest BCUT2D eigenvalue weighted by Gasteiger charge is -2.07. The molecule has 0 unspecified atom stereocenters. The summed E-state index contributed by atoms with van der Waals surface area (Å²) in [4.78, 5) is 19.3. The highest BCUT2D eigenvalue weighted by atomic mass is 127. The summed E-state index contributed by atoms with van der Waals surface area (Å²) in [6.07, 6.45) is 0. The number of hydrogen-bond acceptors (Lipinski definition) is 3. The van der Waals surface area contributed by atoms with Crippen molar-refractivity contribution in [1.82, 2.24) is 9.97 Å². The number of nitrogens with zero attached hydrogens (tertiary/aromatic N) is 1. The van der Waals surface area contributed by atoms with Crippen LogP contribution >= 0.6 is 22.6 Å². The van der Waals surface area contributed by atoms with Crippen LogP contribution in [-0.2, 0) is 0 Å². The minimum absolute atomic E-state index is 0.125. The number of hydrogen-bond donors (Lipinski definition) is 1. The molecule has 0 aliphatic rings. The maximum absolute atomic E-state index is 12.0. The predicted molar refractivity (Wildman–Crippen MR) is 86.9 cm³/mol. The largest absolute Gasteiger partial charge is 0.453 e. The molecule has 1 N–H and O–H groups in total. The zero-order valence-corrected chi connectivity index (χ0v) is 13.3. The highest BCUT2D eigenvalue weighted by Gasteiger charge is 2.15. The van der Waals surface area contributed by atoms with Gasteiger partial charge in [-0.25, -0.2) is 4.98 Å². The van der Waals surface area contributed by atoms with Crippen LogP contribution in [0.2, 0.25) is 0 Å². The second-order valence-corrected chi connectivity index (χ2v) is 6.00. The monoisotopic (exact) mass is 380 g/mol. The van der Waals surface area contributed by atoms with Crippen LogP contribution < -0.4 is 5.56 Å². The Hall–Kier alpha value is -1.63. The van der Waals surface area contributed by atoms with Crippen molar-refractivity contribution in [3.63, 3.8) is 0 Å². The first kappa shape index (κ1) is 13.4. The number of H-pyrrole nitrogens is 1. The van der Waals surface area contributed by atoms with Gasteiger partial charge in [0, 0.05) is 5.39 Å². The van der Waals surface area contributed by atoms with Gasteiger partial charge in [-0.3, -0.25) is 4.79 Å². The summed E-state index contributed by atoms with van der Waals surface area (Å²) in [5.41, 5.74) is 1.46. The van der Waals surface area contributed by atoms with E-state index in [1.54, 1.807) is 0 Å². The van der Waals surface area contributed by atoms with Gasteiger partial charge in [0.15, 0.2) is 11.6 Å². The average molecular weight is 380 g/mol. The van der Waals surface area contributed by atoms with Crippen LogP contribution in [0.25, 0.3) is 22.6 Å². The van der Waals surface area contributed by atoms with Crippen LogP contribution in [0.3, 0.4) is 0 Å². The van der Waals surface area contributed by atoms with E-state index < -0.39 is 0 Å². The molecule has 0 saturated carbocycles. The molecule has 3 rings (SSSR count). The Balaban J connectivity index is 2.21. The number of aromatic nitrogens is 2. The minimum Gasteiger partial charge on any atom is -0.453 e. The minimum atomic E-state index is -0.125. The van der Waals surface area contributed by atoms with Crippen LogP contribution in [0.15, 0.2) is 39.5 Å². The molecule has 3 aromatic rings. The predicted octanol–water partition coefficient (Wildman–Crippen LogP) is 3.91. The number of rotatable bonds is 2. The molecule has 0 spiro atoms. The van der Waals surface area contributed by atoms with Crippen LogP contribution in [0.1, 0.15) is 25.5 Å². The Morgan fingerprint density at radius 3 is 2.75 bits per heavy atom. The van der Waals surface area contributed by atoms with Gasteiger partial charge in [0.2, 0.25) is 0 Å². The molecule has 0 aliphatic heterocycles. The molecule has 102 valence electrons. The molecule has 0 bridgehead atoms. The molecule has 0 amide bonds. The molecule has 4 nitrogen and oxygen atoms in total. The molecule has 5 heteroatoms. The Morgan fingerprint density at radius 2 is 2.05 bits per heavy atom. The van der Waals surface area contributed by atoms with Crippen molar-refractivity contribution in [2.75, 3.05) is 0 Å². The van der Waals surface area contributed by atoms with E-state index >= 15 is 0 Å². The zero-order valence-electron chi connectivity index (χ0n) is 11.1. The smallest absolute Gasteiger partial charge is 0.264 e. The summed E-state index contributed by atoms with van der Waals surface area (Å²) >= 11 is 2.03. The number of para-hydroxylation sites is 1. The summed E-state index contributed by atoms with van der Waals surface area (Å²) in [5.74, 6) is 1.25. The van der Waals surface area contributed by atoms with Gasteiger partial charge in [0.1, 0.15) is 5.58 Å². The average Bonchev–Trinajstić information content (AvgIpc) is 2.85. The van der Waals surface area contributed by atoms with E-state index in [4.69, 9.17) is 4.42 Å². The number of aromatic amines is 1. The van der Waals surface area contributed by atoms with Crippen molar-refractivity contribution in [3.05, 3.63) is 49.9 Å². The summed E-state index contributed by atoms with van der Waals surface area (Å²) in [6.45, 7) is 4.04. The van der Waals surface area contributed by atoms with Gasteiger partial charge in [0.05, 0.1) is 9.26 Å². The number of benzene rings is 1. The summed E-state index contributed by atoms with van der Waals surface area (Å²) in [7, 11) is 0. The Morgan fingerprint density at radius 1 is 1.30 bits per heavy atom. The highest BCUT2D eigenvalue weighted by Crippen LogP contribution is 2.26. The maximum atomic E-state index is 12.0. The van der Waals surface area contributed by atoms with Crippen molar-refractivity contribution in [2.24, 2.45) is 0 Å². The number of halogens is 1. The zero-order chi connectivity index (χ0) is 14.3. The molecule has 0 saturated heterocycles. The van der Waals surface area contributed by atoms with Crippen molar-refractivity contribution in [3.8, 4) is 11.6 Å². The second-order valence-electron chi connectivity index (χ2n) is 4.92. The summed E-state index contributed by atoms with van der Waals surface area (Å²) in [6, 6.07) is 9.62. The van der Waals surface area contributed by atoms with Gasteiger partial charge < -0.3 is 9.40 Å². The van der Waals surface area contributed by atoms with E-state index in [0.717, 1.165) is 16.7 Å². The molecule has 2 heterocycles. The third-order valence-corrected chi connectivity index (χ3v) is 4.14. The molecule has 0 fully saturated rings. The standard InChI is InChI=1S/C15H13IN2O2/c1-8(2)13-12(16)15(19)18-14(17-13)11-7-9-5-3-4-6-10(9)20-11/h3-8H,1-2H3,(H,17,18,19). The third kappa shape index (κ3) is 2.26. The van der Waals surface area contributed by atoms with Crippen LogP contribution in [-0.4, -0.2) is 9.97 Å². The fourth-order valence-corrected chi connectivity index (χ4v) is 2.95. The van der Waals surface area contributed by atoms with Crippen LogP contribution in [0.5, 0.6) is 0 Å². The fraction of sp³-hybridized carbons (Fsp3) is 0.200. The third-order valence-electron chi connectivity index (χ3n) is 3.09. The molecular weight excluding hydrogens is 367 g/mol. The van der Waals surface area contributed by atoms with Crippen molar-refractivity contribution < 1.29 is 4.42 Å². The van der Waals surface area contributed by atoms with E-state index in [1.165, 1.54) is 0 Å². The normalized spacial score (nSPS) is 11.4. The first-order chi connectivity index (χ1) is 9.56. The topological polar surface area (TPSA) is 58.9 Å². The molecule has 0 aliphatic carbocycles. The van der Waals surface area contributed by atoms with Gasteiger partial charge in [-0.2, -0.15) is 0 Å². The van der Waals surface area contributed by atoms with E-state index in [-0.39, 0.29) is 11.5 Å². The van der Waals surface area contributed by atoms with Gasteiger partial charge in [0.25, 0.3) is 5.56 Å².